The van der Waals surface area contributed by atoms with E-state index in [1.54, 1.807) is 13.8 Å². The lowest BCUT2D eigenvalue weighted by molar-refractivity contribution is -0.120. The minimum Gasteiger partial charge on any atom is -0.339 e. The molecular formula is C10H15N5O3. The van der Waals surface area contributed by atoms with E-state index < -0.39 is 11.6 Å². The van der Waals surface area contributed by atoms with Gasteiger partial charge < -0.3 is 15.6 Å². The summed E-state index contributed by atoms with van der Waals surface area (Å²) in [5.74, 6) is -0.114. The zero-order valence-corrected chi connectivity index (χ0v) is 10.2. The Morgan fingerprint density at radius 1 is 1.39 bits per heavy atom. The van der Waals surface area contributed by atoms with Crippen molar-refractivity contribution in [3.63, 3.8) is 0 Å². The molecule has 0 bridgehead atoms. The highest BCUT2D eigenvalue weighted by Crippen LogP contribution is 1.94. The van der Waals surface area contributed by atoms with Crippen LogP contribution in [0.25, 0.3) is 0 Å². The molecule has 8 nitrogen and oxygen atoms in total. The fourth-order valence-electron chi connectivity index (χ4n) is 1.14. The number of rotatable bonds is 4. The molecule has 0 aliphatic carbocycles. The largest absolute Gasteiger partial charge is 0.339 e. The van der Waals surface area contributed by atoms with Crippen LogP contribution >= 0.6 is 0 Å². The number of carbonyl (C=O) groups is 2. The number of urea groups is 1. The van der Waals surface area contributed by atoms with Gasteiger partial charge in [-0.15, -0.1) is 0 Å². The van der Waals surface area contributed by atoms with Gasteiger partial charge in [0.1, 0.15) is 0 Å². The van der Waals surface area contributed by atoms with E-state index >= 15 is 0 Å². The molecule has 0 saturated carbocycles. The zero-order chi connectivity index (χ0) is 13.5. The molecule has 0 spiro atoms. The molecule has 1 aromatic heterocycles. The van der Waals surface area contributed by atoms with Crippen molar-refractivity contribution in [2.24, 2.45) is 0 Å². The monoisotopic (exact) mass is 253 g/mol. The van der Waals surface area contributed by atoms with Gasteiger partial charge in [-0.25, -0.2) is 4.79 Å². The average Bonchev–Trinajstić information content (AvgIpc) is 2.27. The predicted molar refractivity (Wildman–Crippen MR) is 65.0 cm³/mol. The molecule has 8 heteroatoms. The molecule has 4 N–H and O–H groups in total. The first-order valence-electron chi connectivity index (χ1n) is 5.40. The van der Waals surface area contributed by atoms with E-state index in [4.69, 9.17) is 0 Å². The van der Waals surface area contributed by atoms with Crippen LogP contribution in [0.2, 0.25) is 0 Å². The molecule has 98 valence electrons. The highest BCUT2D eigenvalue weighted by Gasteiger charge is 2.04. The van der Waals surface area contributed by atoms with Gasteiger partial charge in [-0.2, -0.15) is 4.98 Å². The number of aromatic amines is 1. The molecule has 18 heavy (non-hydrogen) atoms. The van der Waals surface area contributed by atoms with Gasteiger partial charge in [-0.3, -0.25) is 14.9 Å². The van der Waals surface area contributed by atoms with Gasteiger partial charge in [0.25, 0.3) is 5.56 Å². The van der Waals surface area contributed by atoms with E-state index in [0.29, 0.717) is 12.1 Å². The molecule has 3 amide bonds. The van der Waals surface area contributed by atoms with E-state index in [0.717, 1.165) is 0 Å². The Hall–Kier alpha value is -2.38. The molecule has 0 aliphatic rings. The van der Waals surface area contributed by atoms with Crippen LogP contribution in [-0.4, -0.2) is 28.6 Å². The van der Waals surface area contributed by atoms with Gasteiger partial charge in [0.05, 0.1) is 6.67 Å². The summed E-state index contributed by atoms with van der Waals surface area (Å²) in [6.07, 6.45) is 0.343. The van der Waals surface area contributed by atoms with Crippen molar-refractivity contribution in [1.29, 1.82) is 0 Å². The van der Waals surface area contributed by atoms with Crippen LogP contribution in [-0.2, 0) is 4.79 Å². The summed E-state index contributed by atoms with van der Waals surface area (Å²) in [4.78, 5) is 39.6. The Labute approximate surface area is 103 Å². The second kappa shape index (κ2) is 6.38. The Bertz CT molecular complexity index is 497. The summed E-state index contributed by atoms with van der Waals surface area (Å²) in [5, 5.41) is 7.21. The summed E-state index contributed by atoms with van der Waals surface area (Å²) < 4.78 is 0. The summed E-state index contributed by atoms with van der Waals surface area (Å²) >= 11 is 0. The molecule has 0 atom stereocenters. The first-order chi connectivity index (χ1) is 8.51. The number of H-pyrrole nitrogens is 1. The molecule has 1 heterocycles. The predicted octanol–water partition coefficient (Wildman–Crippen LogP) is -0.316. The molecule has 0 saturated heterocycles. The second-order valence-electron chi connectivity index (χ2n) is 3.51. The topological polar surface area (TPSA) is 116 Å². The maximum atomic E-state index is 11.4. The molecule has 0 unspecified atom stereocenters. The highest BCUT2D eigenvalue weighted by molar-refractivity contribution is 5.87. The Kier molecular flexibility index (Phi) is 4.85. The van der Waals surface area contributed by atoms with Gasteiger partial charge >= 0.3 is 6.03 Å². The van der Waals surface area contributed by atoms with Crippen molar-refractivity contribution >= 4 is 17.9 Å². The minimum atomic E-state index is -0.569. The Balaban J connectivity index is 2.44. The lowest BCUT2D eigenvalue weighted by Crippen LogP contribution is -2.39. The molecular weight excluding hydrogens is 238 g/mol. The fourth-order valence-corrected chi connectivity index (χ4v) is 1.14. The van der Waals surface area contributed by atoms with Crippen LogP contribution in [0.5, 0.6) is 0 Å². The Morgan fingerprint density at radius 3 is 2.72 bits per heavy atom. The number of nitrogens with zero attached hydrogens (tertiary/aromatic N) is 1. The number of hydrogen-bond acceptors (Lipinski definition) is 4. The van der Waals surface area contributed by atoms with Crippen LogP contribution in [0.1, 0.15) is 19.0 Å². The molecule has 0 radical (unpaired) electrons. The summed E-state index contributed by atoms with van der Waals surface area (Å²) in [7, 11) is 0. The lowest BCUT2D eigenvalue weighted by atomic mass is 10.4. The zero-order valence-electron chi connectivity index (χ0n) is 10.2. The fraction of sp³-hybridized carbons (Fsp3) is 0.400. The summed E-state index contributed by atoms with van der Waals surface area (Å²) in [6.45, 7) is 3.39. The number of amides is 3. The molecule has 0 aliphatic heterocycles. The first kappa shape index (κ1) is 13.7. The highest BCUT2D eigenvalue weighted by atomic mass is 16.2. The third-order valence-corrected chi connectivity index (χ3v) is 1.97. The number of anilines is 1. The number of nitrogens with one attached hydrogen (secondary N) is 4. The molecule has 1 rings (SSSR count). The standard InChI is InChI=1S/C10H15N5O3/c1-3-7(16)11-5-12-10(18)15-9-13-6(2)4-8(17)14-9/h4H,3,5H2,1-2H3,(H,11,16)(H3,12,13,14,15,17,18). The van der Waals surface area contributed by atoms with Gasteiger partial charge in [-0.1, -0.05) is 6.92 Å². The second-order valence-corrected chi connectivity index (χ2v) is 3.51. The van der Waals surface area contributed by atoms with E-state index in [2.05, 4.69) is 25.9 Å². The molecule has 0 fully saturated rings. The maximum absolute atomic E-state index is 11.4. The summed E-state index contributed by atoms with van der Waals surface area (Å²) in [6, 6.07) is 0.741. The number of hydrogen-bond donors (Lipinski definition) is 4. The van der Waals surface area contributed by atoms with E-state index in [1.165, 1.54) is 6.07 Å². The minimum absolute atomic E-state index is 0.00849. The van der Waals surface area contributed by atoms with Crippen molar-refractivity contribution in [3.8, 4) is 0 Å². The maximum Gasteiger partial charge on any atom is 0.322 e. The lowest BCUT2D eigenvalue weighted by Gasteiger charge is -2.07. The van der Waals surface area contributed by atoms with Gasteiger partial charge in [0.15, 0.2) is 0 Å². The van der Waals surface area contributed by atoms with Crippen molar-refractivity contribution < 1.29 is 9.59 Å². The van der Waals surface area contributed by atoms with Gasteiger partial charge in [-0.05, 0) is 6.92 Å². The van der Waals surface area contributed by atoms with Crippen LogP contribution in [0.3, 0.4) is 0 Å². The smallest absolute Gasteiger partial charge is 0.322 e. The number of aryl methyl sites for hydroxylation is 1. The van der Waals surface area contributed by atoms with Crippen LogP contribution < -0.4 is 21.5 Å². The van der Waals surface area contributed by atoms with Crippen molar-refractivity contribution in [2.75, 3.05) is 12.0 Å². The van der Waals surface area contributed by atoms with Crippen LogP contribution in [0, 0.1) is 6.92 Å². The third-order valence-electron chi connectivity index (χ3n) is 1.97. The quantitative estimate of drug-likeness (QED) is 0.550. The Morgan fingerprint density at radius 2 is 2.11 bits per heavy atom. The molecule has 0 aromatic carbocycles. The third kappa shape index (κ3) is 4.64. The van der Waals surface area contributed by atoms with Crippen molar-refractivity contribution in [3.05, 3.63) is 22.1 Å². The van der Waals surface area contributed by atoms with Gasteiger partial charge in [0.2, 0.25) is 11.9 Å². The number of carbonyl (C=O) groups excluding carboxylic acids is 2. The van der Waals surface area contributed by atoms with E-state index in [-0.39, 0.29) is 18.5 Å². The first-order valence-corrected chi connectivity index (χ1v) is 5.40. The number of aromatic nitrogens is 2. The van der Waals surface area contributed by atoms with Crippen molar-refractivity contribution in [1.82, 2.24) is 20.6 Å². The average molecular weight is 253 g/mol. The normalized spacial score (nSPS) is 9.67. The van der Waals surface area contributed by atoms with Crippen LogP contribution in [0.4, 0.5) is 10.7 Å². The van der Waals surface area contributed by atoms with Gasteiger partial charge in [0, 0.05) is 18.2 Å². The SMILES string of the molecule is CCC(=O)NCNC(=O)Nc1nc(=O)cc(C)[nH]1. The van der Waals surface area contributed by atoms with Crippen molar-refractivity contribution in [2.45, 2.75) is 20.3 Å². The molecule has 1 aromatic rings. The van der Waals surface area contributed by atoms with E-state index in [9.17, 15) is 14.4 Å². The summed E-state index contributed by atoms with van der Waals surface area (Å²) in [5.41, 5.74) is 0.144. The van der Waals surface area contributed by atoms with Crippen LogP contribution in [0.15, 0.2) is 10.9 Å². The van der Waals surface area contributed by atoms with E-state index in [1.807, 2.05) is 0 Å².